The van der Waals surface area contributed by atoms with E-state index in [4.69, 9.17) is 21.8 Å². The third-order valence-electron chi connectivity index (χ3n) is 5.25. The molecule has 5 rings (SSSR count). The van der Waals surface area contributed by atoms with E-state index in [-0.39, 0.29) is 46.2 Å². The van der Waals surface area contributed by atoms with E-state index in [0.29, 0.717) is 22.2 Å². The van der Waals surface area contributed by atoms with Crippen molar-refractivity contribution < 1.29 is 17.6 Å². The fraction of sp³-hybridized carbons (Fsp3) is 0.143. The lowest BCUT2D eigenvalue weighted by atomic mass is 10.2. The van der Waals surface area contributed by atoms with Crippen molar-refractivity contribution in [3.05, 3.63) is 85.4 Å². The van der Waals surface area contributed by atoms with Gasteiger partial charge in [-0.3, -0.25) is 9.25 Å². The maximum atomic E-state index is 14.5. The number of aromatic nitrogens is 7. The first kappa shape index (κ1) is 24.1. The predicted octanol–water partition coefficient (Wildman–Crippen LogP) is 2.17. The number of hydrogen-bond donors (Lipinski definition) is 2. The molecule has 0 amide bonds. The van der Waals surface area contributed by atoms with Gasteiger partial charge in [-0.15, -0.1) is 0 Å². The summed E-state index contributed by atoms with van der Waals surface area (Å²) in [7, 11) is 1.59. The van der Waals surface area contributed by atoms with Crippen LogP contribution in [0.5, 0.6) is 0 Å². The Balaban J connectivity index is 1.64. The Kier molecular flexibility index (Phi) is 5.91. The molecule has 5 aromatic rings. The first-order valence-corrected chi connectivity index (χ1v) is 10.8. The molecular formula is C21H15ClF3N9O3. The molecule has 3 aromatic heterocycles. The fourth-order valence-electron chi connectivity index (χ4n) is 3.54. The molecule has 16 heteroatoms. The summed E-state index contributed by atoms with van der Waals surface area (Å²) >= 11 is 6.31. The fourth-order valence-corrected chi connectivity index (χ4v) is 3.74. The number of aryl methyl sites for hydroxylation is 1. The van der Waals surface area contributed by atoms with Crippen molar-refractivity contribution in [2.24, 2.45) is 7.05 Å². The SMILES string of the molecule is Cn1cnc(Cn2c(=O)nc(Nc3cc4oc(N)nc4cc3Cl)n(Cc3cc(F)c(F)cc3F)c2=O)n1. The van der Waals surface area contributed by atoms with Crippen LogP contribution < -0.4 is 22.4 Å². The van der Waals surface area contributed by atoms with E-state index < -0.39 is 35.4 Å². The van der Waals surface area contributed by atoms with E-state index in [9.17, 15) is 22.8 Å². The molecule has 0 unspecified atom stereocenters. The third kappa shape index (κ3) is 4.63. The minimum atomic E-state index is -1.40. The van der Waals surface area contributed by atoms with Crippen molar-refractivity contribution in [1.29, 1.82) is 0 Å². The highest BCUT2D eigenvalue weighted by Gasteiger charge is 2.19. The topological polar surface area (TPSA) is 152 Å². The molecule has 0 atom stereocenters. The first-order valence-electron chi connectivity index (χ1n) is 10.4. The lowest BCUT2D eigenvalue weighted by Crippen LogP contribution is -2.43. The normalized spacial score (nSPS) is 11.4. The Morgan fingerprint density at radius 2 is 1.78 bits per heavy atom. The van der Waals surface area contributed by atoms with Crippen LogP contribution >= 0.6 is 11.6 Å². The van der Waals surface area contributed by atoms with Crippen LogP contribution in [0.1, 0.15) is 11.4 Å². The third-order valence-corrected chi connectivity index (χ3v) is 5.57. The summed E-state index contributed by atoms with van der Waals surface area (Å²) in [6.07, 6.45) is 1.37. The molecule has 0 aliphatic carbocycles. The van der Waals surface area contributed by atoms with Gasteiger partial charge in [0, 0.05) is 24.7 Å². The number of nitrogens with zero attached hydrogens (tertiary/aromatic N) is 7. The van der Waals surface area contributed by atoms with Crippen LogP contribution in [0.3, 0.4) is 0 Å². The number of nitrogen functional groups attached to an aromatic ring is 1. The number of oxazole rings is 1. The van der Waals surface area contributed by atoms with Crippen molar-refractivity contribution >= 4 is 40.4 Å². The summed E-state index contributed by atoms with van der Waals surface area (Å²) in [6, 6.07) is 3.66. The molecule has 37 heavy (non-hydrogen) atoms. The molecule has 0 bridgehead atoms. The second-order valence-corrected chi connectivity index (χ2v) is 8.25. The quantitative estimate of drug-likeness (QED) is 0.313. The van der Waals surface area contributed by atoms with Crippen LogP contribution in [-0.4, -0.2) is 33.9 Å². The van der Waals surface area contributed by atoms with Gasteiger partial charge in [0.15, 0.2) is 23.0 Å². The average molecular weight is 534 g/mol. The van der Waals surface area contributed by atoms with Crippen LogP contribution in [0.4, 0.5) is 30.8 Å². The van der Waals surface area contributed by atoms with Crippen molar-refractivity contribution in [1.82, 2.24) is 33.9 Å². The molecule has 3 heterocycles. The lowest BCUT2D eigenvalue weighted by Gasteiger charge is -2.16. The average Bonchev–Trinajstić information content (AvgIpc) is 3.40. The van der Waals surface area contributed by atoms with Crippen molar-refractivity contribution in [3.63, 3.8) is 0 Å². The minimum absolute atomic E-state index is 0.0995. The minimum Gasteiger partial charge on any atom is -0.424 e. The number of rotatable bonds is 6. The molecular weight excluding hydrogens is 519 g/mol. The van der Waals surface area contributed by atoms with Gasteiger partial charge in [-0.05, 0) is 12.1 Å². The number of anilines is 3. The molecule has 0 saturated carbocycles. The second-order valence-electron chi connectivity index (χ2n) is 7.84. The molecule has 12 nitrogen and oxygen atoms in total. The highest BCUT2D eigenvalue weighted by molar-refractivity contribution is 6.34. The molecule has 3 N–H and O–H groups in total. The van der Waals surface area contributed by atoms with Gasteiger partial charge in [0.05, 0.1) is 23.8 Å². The Bertz CT molecular complexity index is 1790. The van der Waals surface area contributed by atoms with Crippen LogP contribution in [0.2, 0.25) is 5.02 Å². The van der Waals surface area contributed by atoms with E-state index in [2.05, 4.69) is 25.4 Å². The molecule has 2 aromatic carbocycles. The van der Waals surface area contributed by atoms with Crippen molar-refractivity contribution in [2.75, 3.05) is 11.1 Å². The number of benzene rings is 2. The highest BCUT2D eigenvalue weighted by atomic mass is 35.5. The van der Waals surface area contributed by atoms with Crippen LogP contribution in [0.15, 0.2) is 44.6 Å². The van der Waals surface area contributed by atoms with Gasteiger partial charge in [0.2, 0.25) is 5.95 Å². The molecule has 0 saturated heterocycles. The molecule has 0 radical (unpaired) electrons. The van der Waals surface area contributed by atoms with Crippen LogP contribution in [-0.2, 0) is 20.1 Å². The second kappa shape index (κ2) is 9.09. The molecule has 0 aliphatic rings. The van der Waals surface area contributed by atoms with E-state index in [0.717, 1.165) is 4.57 Å². The summed E-state index contributed by atoms with van der Waals surface area (Å²) < 4.78 is 50.0. The standard InChI is InChI=1S/C21H15ClF3N9O3/c1-32-8-27-17(31-32)7-34-20(35)30-19(29-14-5-16-15(3-10(14)22)28-18(26)37-16)33(21(34)36)6-9-2-12(24)13(25)4-11(9)23/h2-5,8H,6-7H2,1H3,(H2,26,28)(H,29,30,35). The molecule has 190 valence electrons. The largest absolute Gasteiger partial charge is 0.424 e. The molecule has 0 fully saturated rings. The van der Waals surface area contributed by atoms with E-state index in [1.165, 1.54) is 23.1 Å². The van der Waals surface area contributed by atoms with E-state index in [1.807, 2.05) is 0 Å². The number of nitrogens with one attached hydrogen (secondary N) is 1. The van der Waals surface area contributed by atoms with Gasteiger partial charge in [-0.25, -0.2) is 32.3 Å². The maximum Gasteiger partial charge on any atom is 0.355 e. The van der Waals surface area contributed by atoms with E-state index >= 15 is 0 Å². The summed E-state index contributed by atoms with van der Waals surface area (Å²) in [5.74, 6) is -4.07. The monoisotopic (exact) mass is 533 g/mol. The van der Waals surface area contributed by atoms with Gasteiger partial charge in [-0.2, -0.15) is 15.1 Å². The Hall–Kier alpha value is -4.66. The molecule has 0 aliphatic heterocycles. The highest BCUT2D eigenvalue weighted by Crippen LogP contribution is 2.30. The van der Waals surface area contributed by atoms with E-state index in [1.54, 1.807) is 7.05 Å². The zero-order chi connectivity index (χ0) is 26.4. The van der Waals surface area contributed by atoms with Gasteiger partial charge in [-0.1, -0.05) is 11.6 Å². The number of hydrogen-bond acceptors (Lipinski definition) is 9. The van der Waals surface area contributed by atoms with Crippen molar-refractivity contribution in [2.45, 2.75) is 13.1 Å². The summed E-state index contributed by atoms with van der Waals surface area (Å²) in [5, 5.41) is 6.87. The van der Waals surface area contributed by atoms with Gasteiger partial charge < -0.3 is 15.5 Å². The zero-order valence-corrected chi connectivity index (χ0v) is 19.5. The zero-order valence-electron chi connectivity index (χ0n) is 18.7. The summed E-state index contributed by atoms with van der Waals surface area (Å²) in [4.78, 5) is 38.0. The van der Waals surface area contributed by atoms with Gasteiger partial charge in [0.1, 0.15) is 17.7 Å². The first-order chi connectivity index (χ1) is 17.6. The number of halogens is 4. The van der Waals surface area contributed by atoms with Crippen LogP contribution in [0.25, 0.3) is 11.1 Å². The molecule has 0 spiro atoms. The smallest absolute Gasteiger partial charge is 0.355 e. The summed E-state index contributed by atoms with van der Waals surface area (Å²) in [6.45, 7) is -0.974. The van der Waals surface area contributed by atoms with Crippen molar-refractivity contribution in [3.8, 4) is 0 Å². The lowest BCUT2D eigenvalue weighted by molar-refractivity contribution is 0.485. The predicted molar refractivity (Wildman–Crippen MR) is 125 cm³/mol. The Morgan fingerprint density at radius 1 is 1.03 bits per heavy atom. The maximum absolute atomic E-state index is 14.5. The van der Waals surface area contributed by atoms with Gasteiger partial charge in [0.25, 0.3) is 6.01 Å². The Labute approximate surface area is 208 Å². The Morgan fingerprint density at radius 3 is 2.51 bits per heavy atom. The number of fused-ring (bicyclic) bond motifs is 1. The van der Waals surface area contributed by atoms with Crippen LogP contribution in [0, 0.1) is 17.5 Å². The van der Waals surface area contributed by atoms with Gasteiger partial charge >= 0.3 is 11.4 Å². The summed E-state index contributed by atoms with van der Waals surface area (Å²) in [5.41, 5.74) is 3.97. The number of nitrogens with two attached hydrogens (primary N) is 1.